The van der Waals surface area contributed by atoms with Gasteiger partial charge in [-0.25, -0.2) is 0 Å². The standard InChI is InChI=1S/C7H17NO3S/c1-6(12(2)11)3-8-4-7(10)5-9/h6-10H,3-5H2,1-2H3. The van der Waals surface area contributed by atoms with Gasteiger partial charge in [0.2, 0.25) is 0 Å². The third-order valence-electron chi connectivity index (χ3n) is 1.59. The Labute approximate surface area is 75.4 Å². The first-order valence-corrected chi connectivity index (χ1v) is 5.52. The van der Waals surface area contributed by atoms with E-state index in [-0.39, 0.29) is 11.9 Å². The highest BCUT2D eigenvalue weighted by atomic mass is 32.2. The molecule has 5 heteroatoms. The van der Waals surface area contributed by atoms with Crippen LogP contribution in [0.15, 0.2) is 0 Å². The Kier molecular flexibility index (Phi) is 6.55. The molecule has 3 N–H and O–H groups in total. The average molecular weight is 195 g/mol. The molecule has 0 aromatic carbocycles. The summed E-state index contributed by atoms with van der Waals surface area (Å²) in [6.07, 6.45) is 0.928. The molecule has 3 atom stereocenters. The third kappa shape index (κ3) is 5.65. The molecule has 0 spiro atoms. The summed E-state index contributed by atoms with van der Waals surface area (Å²) in [5.41, 5.74) is 0. The van der Waals surface area contributed by atoms with Gasteiger partial charge in [0.05, 0.1) is 12.7 Å². The van der Waals surface area contributed by atoms with Gasteiger partial charge >= 0.3 is 0 Å². The van der Waals surface area contributed by atoms with Crippen LogP contribution in [0.25, 0.3) is 0 Å². The predicted octanol–water partition coefficient (Wildman–Crippen LogP) is -1.30. The van der Waals surface area contributed by atoms with Gasteiger partial charge in [0.25, 0.3) is 0 Å². The van der Waals surface area contributed by atoms with E-state index in [1.807, 2.05) is 6.92 Å². The van der Waals surface area contributed by atoms with Crippen molar-refractivity contribution in [1.82, 2.24) is 5.32 Å². The number of aliphatic hydroxyl groups excluding tert-OH is 2. The fourth-order valence-electron chi connectivity index (χ4n) is 0.635. The van der Waals surface area contributed by atoms with E-state index >= 15 is 0 Å². The van der Waals surface area contributed by atoms with Crippen molar-refractivity contribution in [3.05, 3.63) is 0 Å². The van der Waals surface area contributed by atoms with Crippen LogP contribution < -0.4 is 5.32 Å². The Balaban J connectivity index is 3.37. The van der Waals surface area contributed by atoms with Gasteiger partial charge in [-0.3, -0.25) is 4.21 Å². The maximum Gasteiger partial charge on any atom is 0.0894 e. The van der Waals surface area contributed by atoms with Crippen molar-refractivity contribution in [1.29, 1.82) is 0 Å². The summed E-state index contributed by atoms with van der Waals surface area (Å²) in [5.74, 6) is 0. The summed E-state index contributed by atoms with van der Waals surface area (Å²) in [6.45, 7) is 2.57. The van der Waals surface area contributed by atoms with Crippen LogP contribution in [0.1, 0.15) is 6.92 Å². The Bertz CT molecular complexity index is 143. The van der Waals surface area contributed by atoms with Gasteiger partial charge in [0, 0.05) is 35.4 Å². The van der Waals surface area contributed by atoms with Crippen LogP contribution in [0.2, 0.25) is 0 Å². The number of hydrogen-bond donors (Lipinski definition) is 3. The highest BCUT2D eigenvalue weighted by Crippen LogP contribution is 1.89. The van der Waals surface area contributed by atoms with Gasteiger partial charge in [0.1, 0.15) is 0 Å². The molecule has 0 heterocycles. The van der Waals surface area contributed by atoms with Gasteiger partial charge in [-0.05, 0) is 6.92 Å². The van der Waals surface area contributed by atoms with Crippen LogP contribution in [-0.2, 0) is 10.8 Å². The molecule has 0 aliphatic carbocycles. The summed E-state index contributed by atoms with van der Waals surface area (Å²) >= 11 is 0. The molecule has 0 aliphatic heterocycles. The summed E-state index contributed by atoms with van der Waals surface area (Å²) in [4.78, 5) is 0. The Morgan fingerprint density at radius 1 is 1.50 bits per heavy atom. The first-order valence-electron chi connectivity index (χ1n) is 3.89. The lowest BCUT2D eigenvalue weighted by atomic mass is 10.3. The predicted molar refractivity (Wildman–Crippen MR) is 49.5 cm³/mol. The molecule has 0 radical (unpaired) electrons. The number of rotatable bonds is 6. The molecule has 0 saturated heterocycles. The van der Waals surface area contributed by atoms with Crippen LogP contribution in [-0.4, -0.2) is 51.7 Å². The fourth-order valence-corrected chi connectivity index (χ4v) is 0.988. The lowest BCUT2D eigenvalue weighted by Gasteiger charge is -2.11. The summed E-state index contributed by atoms with van der Waals surface area (Å²) in [5, 5.41) is 20.4. The molecule has 3 unspecified atom stereocenters. The second-order valence-electron chi connectivity index (χ2n) is 2.80. The zero-order valence-corrected chi connectivity index (χ0v) is 8.30. The molecule has 74 valence electrons. The maximum absolute atomic E-state index is 10.8. The largest absolute Gasteiger partial charge is 0.394 e. The van der Waals surface area contributed by atoms with Crippen molar-refractivity contribution in [3.8, 4) is 0 Å². The van der Waals surface area contributed by atoms with E-state index in [0.717, 1.165) is 0 Å². The normalized spacial score (nSPS) is 18.7. The van der Waals surface area contributed by atoms with Crippen molar-refractivity contribution >= 4 is 10.8 Å². The molecule has 0 rings (SSSR count). The van der Waals surface area contributed by atoms with Crippen molar-refractivity contribution in [2.24, 2.45) is 0 Å². The smallest absolute Gasteiger partial charge is 0.0894 e. The van der Waals surface area contributed by atoms with Crippen LogP contribution in [0.3, 0.4) is 0 Å². The van der Waals surface area contributed by atoms with Crippen LogP contribution in [0, 0.1) is 0 Å². The first kappa shape index (κ1) is 12.0. The minimum Gasteiger partial charge on any atom is -0.394 e. The zero-order valence-electron chi connectivity index (χ0n) is 7.49. The molecule has 4 nitrogen and oxygen atoms in total. The lowest BCUT2D eigenvalue weighted by molar-refractivity contribution is 0.0947. The molecular weight excluding hydrogens is 178 g/mol. The number of hydrogen-bond acceptors (Lipinski definition) is 4. The quantitative estimate of drug-likeness (QED) is 0.492. The second kappa shape index (κ2) is 6.54. The topological polar surface area (TPSA) is 69.6 Å². The monoisotopic (exact) mass is 195 g/mol. The van der Waals surface area contributed by atoms with E-state index in [1.165, 1.54) is 0 Å². The molecule has 12 heavy (non-hydrogen) atoms. The molecule has 0 fully saturated rings. The van der Waals surface area contributed by atoms with Gasteiger partial charge in [-0.1, -0.05) is 0 Å². The van der Waals surface area contributed by atoms with E-state index in [2.05, 4.69) is 5.32 Å². The fraction of sp³-hybridized carbons (Fsp3) is 1.00. The lowest BCUT2D eigenvalue weighted by Crippen LogP contribution is -2.35. The van der Waals surface area contributed by atoms with Gasteiger partial charge in [-0.15, -0.1) is 0 Å². The van der Waals surface area contributed by atoms with E-state index < -0.39 is 16.9 Å². The summed E-state index contributed by atoms with van der Waals surface area (Å²) < 4.78 is 10.8. The zero-order chi connectivity index (χ0) is 9.56. The Morgan fingerprint density at radius 2 is 2.08 bits per heavy atom. The molecular formula is C7H17NO3S. The van der Waals surface area contributed by atoms with E-state index in [4.69, 9.17) is 10.2 Å². The van der Waals surface area contributed by atoms with Crippen LogP contribution in [0.5, 0.6) is 0 Å². The summed E-state index contributed by atoms with van der Waals surface area (Å²) in [7, 11) is -0.834. The first-order chi connectivity index (χ1) is 5.57. The van der Waals surface area contributed by atoms with E-state index in [1.54, 1.807) is 6.26 Å². The van der Waals surface area contributed by atoms with Crippen molar-refractivity contribution < 1.29 is 14.4 Å². The molecule has 0 bridgehead atoms. The number of nitrogens with one attached hydrogen (secondary N) is 1. The minimum absolute atomic E-state index is 0.0795. The second-order valence-corrected chi connectivity index (χ2v) is 4.61. The Hall–Kier alpha value is 0.0300. The maximum atomic E-state index is 10.8. The van der Waals surface area contributed by atoms with Crippen molar-refractivity contribution in [2.75, 3.05) is 26.0 Å². The van der Waals surface area contributed by atoms with Crippen molar-refractivity contribution in [2.45, 2.75) is 18.3 Å². The molecule has 0 saturated carbocycles. The molecule has 0 aliphatic rings. The number of aliphatic hydroxyl groups is 2. The van der Waals surface area contributed by atoms with Crippen LogP contribution in [0.4, 0.5) is 0 Å². The molecule has 0 amide bonds. The van der Waals surface area contributed by atoms with E-state index in [0.29, 0.717) is 13.1 Å². The SMILES string of the molecule is CC(CNCC(O)CO)S(C)=O. The van der Waals surface area contributed by atoms with E-state index in [9.17, 15) is 4.21 Å². The third-order valence-corrected chi connectivity index (χ3v) is 2.89. The van der Waals surface area contributed by atoms with Gasteiger partial charge < -0.3 is 15.5 Å². The molecule has 0 aromatic rings. The average Bonchev–Trinajstić information content (AvgIpc) is 2.03. The molecule has 0 aromatic heterocycles. The summed E-state index contributed by atoms with van der Waals surface area (Å²) in [6, 6.07) is 0. The van der Waals surface area contributed by atoms with Crippen LogP contribution >= 0.6 is 0 Å². The van der Waals surface area contributed by atoms with Gasteiger partial charge in [0.15, 0.2) is 0 Å². The van der Waals surface area contributed by atoms with Gasteiger partial charge in [-0.2, -0.15) is 0 Å². The Morgan fingerprint density at radius 3 is 2.50 bits per heavy atom. The minimum atomic E-state index is -0.834. The highest BCUT2D eigenvalue weighted by Gasteiger charge is 2.06. The van der Waals surface area contributed by atoms with Crippen molar-refractivity contribution in [3.63, 3.8) is 0 Å². The highest BCUT2D eigenvalue weighted by molar-refractivity contribution is 7.84.